The highest BCUT2D eigenvalue weighted by Crippen LogP contribution is 2.39. The summed E-state index contributed by atoms with van der Waals surface area (Å²) >= 11 is 0. The van der Waals surface area contributed by atoms with Crippen LogP contribution in [0.15, 0.2) is 35.4 Å². The highest BCUT2D eigenvalue weighted by atomic mass is 16.2. The zero-order valence-corrected chi connectivity index (χ0v) is 21.8. The van der Waals surface area contributed by atoms with E-state index in [9.17, 15) is 14.4 Å². The van der Waals surface area contributed by atoms with Crippen LogP contribution in [0, 0.1) is 25.7 Å². The number of nitrogens with one attached hydrogen (secondary N) is 1. The molecule has 2 aliphatic carbocycles. The Morgan fingerprint density at radius 3 is 2.57 bits per heavy atom. The van der Waals surface area contributed by atoms with Crippen molar-refractivity contribution in [1.82, 2.24) is 20.1 Å². The van der Waals surface area contributed by atoms with Crippen LogP contribution in [0.1, 0.15) is 68.9 Å². The summed E-state index contributed by atoms with van der Waals surface area (Å²) in [6, 6.07) is 1.41. The predicted molar refractivity (Wildman–Crippen MR) is 135 cm³/mol. The Morgan fingerprint density at radius 1 is 1.20 bits per heavy atom. The van der Waals surface area contributed by atoms with Crippen molar-refractivity contribution in [3.63, 3.8) is 0 Å². The Labute approximate surface area is 208 Å². The van der Waals surface area contributed by atoms with Gasteiger partial charge in [-0.3, -0.25) is 19.4 Å². The molecule has 7 heteroatoms. The fourth-order valence-electron chi connectivity index (χ4n) is 5.74. The van der Waals surface area contributed by atoms with E-state index in [1.165, 1.54) is 16.0 Å². The average Bonchev–Trinajstić information content (AvgIpc) is 3.29. The number of aryl methyl sites for hydroxylation is 2. The summed E-state index contributed by atoms with van der Waals surface area (Å²) in [7, 11) is 3.38. The summed E-state index contributed by atoms with van der Waals surface area (Å²) in [5.74, 6) is -0.823. The van der Waals surface area contributed by atoms with E-state index in [1.54, 1.807) is 19.0 Å². The molecule has 1 aliphatic heterocycles. The minimum atomic E-state index is -0.910. The molecule has 2 heterocycles. The number of fused-ring (bicyclic) bond motifs is 1. The van der Waals surface area contributed by atoms with E-state index in [0.717, 1.165) is 31.4 Å². The van der Waals surface area contributed by atoms with Crippen LogP contribution in [0.5, 0.6) is 0 Å². The van der Waals surface area contributed by atoms with Crippen LogP contribution in [0.4, 0.5) is 0 Å². The first-order chi connectivity index (χ1) is 16.6. The monoisotopic (exact) mass is 478 g/mol. The van der Waals surface area contributed by atoms with Gasteiger partial charge in [0.25, 0.3) is 0 Å². The predicted octanol–water partition coefficient (Wildman–Crippen LogP) is 3.63. The third kappa shape index (κ3) is 4.65. The SMILES string of the molecule is CC[C@H](C)[C@@H]1C(=O)N[C@H](C2C=C3CCCC3=CC2)C(=O)N1[C@@H](C(=O)N(C)C)c1ccc(C)nc1C. The lowest BCUT2D eigenvalue weighted by Crippen LogP contribution is -2.68. The fourth-order valence-corrected chi connectivity index (χ4v) is 5.74. The molecule has 188 valence electrons. The largest absolute Gasteiger partial charge is 0.347 e. The number of rotatable bonds is 6. The van der Waals surface area contributed by atoms with Gasteiger partial charge in [0.15, 0.2) is 0 Å². The molecule has 3 aliphatic rings. The van der Waals surface area contributed by atoms with Gasteiger partial charge in [0.2, 0.25) is 17.7 Å². The maximum absolute atomic E-state index is 14.3. The summed E-state index contributed by atoms with van der Waals surface area (Å²) in [6.45, 7) is 7.74. The molecule has 5 atom stereocenters. The third-order valence-electron chi connectivity index (χ3n) is 7.87. The van der Waals surface area contributed by atoms with Gasteiger partial charge in [-0.15, -0.1) is 0 Å². The summed E-state index contributed by atoms with van der Waals surface area (Å²) in [5, 5.41) is 3.06. The number of hydrogen-bond acceptors (Lipinski definition) is 4. The van der Waals surface area contributed by atoms with Gasteiger partial charge in [0.1, 0.15) is 18.1 Å². The van der Waals surface area contributed by atoms with Gasteiger partial charge in [-0.1, -0.05) is 38.5 Å². The molecular formula is C28H38N4O3. The normalized spacial score (nSPS) is 25.9. The van der Waals surface area contributed by atoms with Crippen LogP contribution in [-0.4, -0.2) is 58.7 Å². The first-order valence-corrected chi connectivity index (χ1v) is 12.8. The maximum atomic E-state index is 14.3. The van der Waals surface area contributed by atoms with E-state index in [0.29, 0.717) is 17.7 Å². The zero-order chi connectivity index (χ0) is 25.4. The molecule has 2 fully saturated rings. The maximum Gasteiger partial charge on any atom is 0.249 e. The van der Waals surface area contributed by atoms with Crippen molar-refractivity contribution >= 4 is 17.7 Å². The van der Waals surface area contributed by atoms with Crippen molar-refractivity contribution in [2.24, 2.45) is 11.8 Å². The Morgan fingerprint density at radius 2 is 1.91 bits per heavy atom. The molecule has 1 unspecified atom stereocenters. The lowest BCUT2D eigenvalue weighted by Gasteiger charge is -2.47. The molecule has 0 spiro atoms. The molecule has 4 rings (SSSR count). The topological polar surface area (TPSA) is 82.6 Å². The molecule has 1 saturated carbocycles. The van der Waals surface area contributed by atoms with Crippen molar-refractivity contribution in [2.45, 2.75) is 77.9 Å². The van der Waals surface area contributed by atoms with Gasteiger partial charge in [0, 0.05) is 37.0 Å². The number of hydrogen-bond donors (Lipinski definition) is 1. The molecule has 1 N–H and O–H groups in total. The minimum absolute atomic E-state index is 0.109. The number of pyridine rings is 1. The van der Waals surface area contributed by atoms with Crippen LogP contribution in [0.25, 0.3) is 0 Å². The first kappa shape index (κ1) is 25.1. The summed E-state index contributed by atoms with van der Waals surface area (Å²) in [4.78, 5) is 49.2. The van der Waals surface area contributed by atoms with Gasteiger partial charge >= 0.3 is 0 Å². The van der Waals surface area contributed by atoms with Crippen LogP contribution in [-0.2, 0) is 14.4 Å². The van der Waals surface area contributed by atoms with E-state index in [2.05, 4.69) is 22.5 Å². The number of carbonyl (C=O) groups is 3. The average molecular weight is 479 g/mol. The number of carbonyl (C=O) groups excluding carboxylic acids is 3. The molecule has 1 aromatic heterocycles. The van der Waals surface area contributed by atoms with Crippen molar-refractivity contribution in [2.75, 3.05) is 14.1 Å². The van der Waals surface area contributed by atoms with Gasteiger partial charge in [-0.2, -0.15) is 0 Å². The Bertz CT molecular complexity index is 1090. The summed E-state index contributed by atoms with van der Waals surface area (Å²) in [6.07, 6.45) is 9.09. The third-order valence-corrected chi connectivity index (χ3v) is 7.87. The number of aromatic nitrogens is 1. The number of allylic oxidation sites excluding steroid dienone is 3. The lowest BCUT2D eigenvalue weighted by atomic mass is 9.82. The van der Waals surface area contributed by atoms with Gasteiger partial charge in [-0.25, -0.2) is 0 Å². The zero-order valence-electron chi connectivity index (χ0n) is 21.8. The highest BCUT2D eigenvalue weighted by Gasteiger charge is 2.50. The van der Waals surface area contributed by atoms with Gasteiger partial charge in [-0.05, 0) is 62.7 Å². The van der Waals surface area contributed by atoms with E-state index in [4.69, 9.17) is 0 Å². The van der Waals surface area contributed by atoms with Crippen LogP contribution >= 0.6 is 0 Å². The van der Waals surface area contributed by atoms with E-state index >= 15 is 0 Å². The van der Waals surface area contributed by atoms with Crippen molar-refractivity contribution in [3.8, 4) is 0 Å². The van der Waals surface area contributed by atoms with Gasteiger partial charge in [0.05, 0.1) is 0 Å². The molecule has 0 bridgehead atoms. The van der Waals surface area contributed by atoms with Crippen molar-refractivity contribution in [1.29, 1.82) is 0 Å². The smallest absolute Gasteiger partial charge is 0.249 e. The number of amides is 3. The van der Waals surface area contributed by atoms with Gasteiger partial charge < -0.3 is 15.1 Å². The van der Waals surface area contributed by atoms with Crippen molar-refractivity contribution in [3.05, 3.63) is 52.4 Å². The molecule has 7 nitrogen and oxygen atoms in total. The molecule has 1 saturated heterocycles. The minimum Gasteiger partial charge on any atom is -0.347 e. The molecule has 35 heavy (non-hydrogen) atoms. The number of piperazine rings is 1. The number of nitrogens with zero attached hydrogens (tertiary/aromatic N) is 3. The summed E-state index contributed by atoms with van der Waals surface area (Å²) in [5.41, 5.74) is 4.89. The first-order valence-electron chi connectivity index (χ1n) is 12.8. The Kier molecular flexibility index (Phi) is 7.15. The van der Waals surface area contributed by atoms with Crippen LogP contribution in [0.2, 0.25) is 0 Å². The van der Waals surface area contributed by atoms with Crippen LogP contribution in [0.3, 0.4) is 0 Å². The van der Waals surface area contributed by atoms with E-state index < -0.39 is 18.1 Å². The summed E-state index contributed by atoms with van der Waals surface area (Å²) < 4.78 is 0. The second-order valence-electron chi connectivity index (χ2n) is 10.5. The molecule has 0 aromatic carbocycles. The standard InChI is InChI=1S/C28H38N4O3/c1-7-16(2)24-26(33)30-23(21-13-12-19-9-8-10-20(19)15-21)27(34)32(24)25(28(35)31(5)6)22-14-11-17(3)29-18(22)4/h11-12,14-16,21,23-25H,7-10,13H2,1-6H3,(H,30,33)/t16-,21?,23+,24+,25+/m0/s1. The second-order valence-corrected chi connectivity index (χ2v) is 10.5. The second kappa shape index (κ2) is 9.96. The Hall–Kier alpha value is -2.96. The fraction of sp³-hybridized carbons (Fsp3) is 0.571. The lowest BCUT2D eigenvalue weighted by molar-refractivity contribution is -0.160. The van der Waals surface area contributed by atoms with E-state index in [1.807, 2.05) is 39.8 Å². The van der Waals surface area contributed by atoms with Crippen LogP contribution < -0.4 is 5.32 Å². The molecular weight excluding hydrogens is 440 g/mol. The number of likely N-dealkylation sites (N-methyl/N-ethyl adjacent to an activating group) is 1. The highest BCUT2D eigenvalue weighted by molar-refractivity contribution is 6.00. The van der Waals surface area contributed by atoms with Crippen molar-refractivity contribution < 1.29 is 14.4 Å². The van der Waals surface area contributed by atoms with E-state index in [-0.39, 0.29) is 29.6 Å². The molecule has 0 radical (unpaired) electrons. The molecule has 3 amide bonds. The molecule has 1 aromatic rings. The quantitative estimate of drug-likeness (QED) is 0.677. The Balaban J connectivity index is 1.81.